The van der Waals surface area contributed by atoms with E-state index in [4.69, 9.17) is 15.6 Å². The molecule has 0 saturated heterocycles. The van der Waals surface area contributed by atoms with Crippen LogP contribution in [-0.2, 0) is 0 Å². The molecule has 1 aromatic rings. The highest BCUT2D eigenvalue weighted by Crippen LogP contribution is 2.09. The molecule has 1 aromatic carbocycles. The topological polar surface area (TPSA) is 76.6 Å². The van der Waals surface area contributed by atoms with Crippen LogP contribution in [0.2, 0.25) is 0 Å². The number of hydrogen-bond acceptors (Lipinski definition) is 4. The monoisotopic (exact) mass is 162 g/mol. The van der Waals surface area contributed by atoms with Crippen molar-refractivity contribution in [3.63, 3.8) is 0 Å². The number of phenolic OH excluding ortho intramolecular Hbond substituents is 1. The maximum Gasteiger partial charge on any atom is 0.186 e. The van der Waals surface area contributed by atoms with Crippen LogP contribution in [0.25, 0.3) is 0 Å². The summed E-state index contributed by atoms with van der Waals surface area (Å²) < 4.78 is 0. The van der Waals surface area contributed by atoms with Gasteiger partial charge in [-0.2, -0.15) is 5.26 Å². The van der Waals surface area contributed by atoms with E-state index in [1.807, 2.05) is 0 Å². The molecule has 0 spiro atoms. The normalized spacial score (nSPS) is 10.8. The first-order chi connectivity index (χ1) is 5.77. The van der Waals surface area contributed by atoms with Gasteiger partial charge in [0.2, 0.25) is 0 Å². The van der Waals surface area contributed by atoms with Gasteiger partial charge in [0, 0.05) is 5.56 Å². The molecule has 0 atom stereocenters. The molecule has 0 bridgehead atoms. The predicted octanol–water partition coefficient (Wildman–Crippen LogP) is 1.09. The molecule has 0 unspecified atom stereocenters. The Kier molecular flexibility index (Phi) is 2.29. The second-order valence-corrected chi connectivity index (χ2v) is 2.11. The largest absolute Gasteiger partial charge is 0.508 e. The van der Waals surface area contributed by atoms with Crippen LogP contribution in [-0.4, -0.2) is 16.0 Å². The van der Waals surface area contributed by atoms with E-state index in [0.29, 0.717) is 5.56 Å². The fourth-order valence-corrected chi connectivity index (χ4v) is 0.764. The number of aromatic hydroxyl groups is 1. The van der Waals surface area contributed by atoms with Crippen molar-refractivity contribution < 1.29 is 10.3 Å². The Hall–Kier alpha value is -2.02. The van der Waals surface area contributed by atoms with Crippen LogP contribution < -0.4 is 0 Å². The lowest BCUT2D eigenvalue weighted by molar-refractivity contribution is 0.320. The van der Waals surface area contributed by atoms with E-state index in [9.17, 15) is 0 Å². The van der Waals surface area contributed by atoms with Crippen molar-refractivity contribution in [2.45, 2.75) is 0 Å². The second-order valence-electron chi connectivity index (χ2n) is 2.11. The zero-order chi connectivity index (χ0) is 8.97. The predicted molar refractivity (Wildman–Crippen MR) is 42.0 cm³/mol. The van der Waals surface area contributed by atoms with Gasteiger partial charge in [-0.25, -0.2) is 0 Å². The lowest BCUT2D eigenvalue weighted by Crippen LogP contribution is -1.95. The van der Waals surface area contributed by atoms with Gasteiger partial charge < -0.3 is 10.3 Å². The van der Waals surface area contributed by atoms with Gasteiger partial charge in [0.05, 0.1) is 0 Å². The lowest BCUT2D eigenvalue weighted by atomic mass is 10.1. The maximum absolute atomic E-state index is 8.90. The molecule has 0 aliphatic carbocycles. The number of oxime groups is 1. The molecule has 0 radical (unpaired) electrons. The summed E-state index contributed by atoms with van der Waals surface area (Å²) >= 11 is 0. The van der Waals surface area contributed by atoms with Crippen molar-refractivity contribution in [2.75, 3.05) is 0 Å². The molecular formula is C8H6N2O2. The van der Waals surface area contributed by atoms with Crippen LogP contribution >= 0.6 is 0 Å². The number of hydrogen-bond donors (Lipinski definition) is 2. The van der Waals surface area contributed by atoms with Gasteiger partial charge in [-0.3, -0.25) is 0 Å². The van der Waals surface area contributed by atoms with Crippen LogP contribution in [0.15, 0.2) is 29.4 Å². The van der Waals surface area contributed by atoms with Crippen LogP contribution in [0.4, 0.5) is 0 Å². The molecule has 1 rings (SSSR count). The van der Waals surface area contributed by atoms with E-state index < -0.39 is 0 Å². The first-order valence-corrected chi connectivity index (χ1v) is 3.19. The fourth-order valence-electron chi connectivity index (χ4n) is 0.764. The summed E-state index contributed by atoms with van der Waals surface area (Å²) in [5, 5.41) is 28.5. The number of benzene rings is 1. The van der Waals surface area contributed by atoms with E-state index >= 15 is 0 Å². The van der Waals surface area contributed by atoms with Gasteiger partial charge in [-0.15, -0.1) is 0 Å². The lowest BCUT2D eigenvalue weighted by Gasteiger charge is -1.94. The third kappa shape index (κ3) is 1.52. The third-order valence-electron chi connectivity index (χ3n) is 1.35. The van der Waals surface area contributed by atoms with Crippen molar-refractivity contribution in [1.82, 2.24) is 0 Å². The number of nitriles is 1. The first kappa shape index (κ1) is 8.08. The molecule has 2 N–H and O–H groups in total. The van der Waals surface area contributed by atoms with Crippen LogP contribution in [0.1, 0.15) is 5.56 Å². The Morgan fingerprint density at radius 1 is 1.33 bits per heavy atom. The summed E-state index contributed by atoms with van der Waals surface area (Å²) in [7, 11) is 0. The summed E-state index contributed by atoms with van der Waals surface area (Å²) in [6.45, 7) is 0. The van der Waals surface area contributed by atoms with Crippen LogP contribution in [0.3, 0.4) is 0 Å². The van der Waals surface area contributed by atoms with Gasteiger partial charge in [0.25, 0.3) is 0 Å². The number of rotatable bonds is 1. The molecule has 0 heterocycles. The van der Waals surface area contributed by atoms with Crippen molar-refractivity contribution in [3.8, 4) is 11.8 Å². The van der Waals surface area contributed by atoms with Gasteiger partial charge in [0.15, 0.2) is 5.71 Å². The van der Waals surface area contributed by atoms with Crippen molar-refractivity contribution in [3.05, 3.63) is 29.8 Å². The average molecular weight is 162 g/mol. The van der Waals surface area contributed by atoms with E-state index in [-0.39, 0.29) is 11.5 Å². The molecule has 60 valence electrons. The zero-order valence-electron chi connectivity index (χ0n) is 6.10. The highest BCUT2D eigenvalue weighted by atomic mass is 16.4. The fraction of sp³-hybridized carbons (Fsp3) is 0. The Bertz CT molecular complexity index is 335. The minimum absolute atomic E-state index is 0.0741. The van der Waals surface area contributed by atoms with Crippen molar-refractivity contribution in [1.29, 1.82) is 5.26 Å². The van der Waals surface area contributed by atoms with Gasteiger partial charge in [-0.1, -0.05) is 5.16 Å². The minimum atomic E-state index is -0.0741. The summed E-state index contributed by atoms with van der Waals surface area (Å²) in [5.41, 5.74) is 0.396. The molecule has 0 amide bonds. The van der Waals surface area contributed by atoms with E-state index in [1.165, 1.54) is 24.3 Å². The van der Waals surface area contributed by atoms with Crippen LogP contribution in [0, 0.1) is 11.3 Å². The average Bonchev–Trinajstić information content (AvgIpc) is 2.10. The first-order valence-electron chi connectivity index (χ1n) is 3.19. The van der Waals surface area contributed by atoms with Gasteiger partial charge in [-0.05, 0) is 24.3 Å². The Balaban J connectivity index is 3.06. The molecule has 0 aliphatic heterocycles. The SMILES string of the molecule is N#C/C(=N\O)c1ccc(O)cc1. The van der Waals surface area contributed by atoms with Crippen molar-refractivity contribution >= 4 is 5.71 Å². The van der Waals surface area contributed by atoms with E-state index in [1.54, 1.807) is 6.07 Å². The quantitative estimate of drug-likeness (QED) is 0.368. The van der Waals surface area contributed by atoms with Gasteiger partial charge >= 0.3 is 0 Å². The van der Waals surface area contributed by atoms with E-state index in [0.717, 1.165) is 0 Å². The Morgan fingerprint density at radius 3 is 2.33 bits per heavy atom. The second kappa shape index (κ2) is 3.39. The molecule has 4 nitrogen and oxygen atoms in total. The molecular weight excluding hydrogens is 156 g/mol. The van der Waals surface area contributed by atoms with E-state index in [2.05, 4.69) is 5.16 Å². The number of phenols is 1. The standard InChI is InChI=1S/C8H6N2O2/c9-5-8(10-12)6-1-3-7(11)4-2-6/h1-4,11-12H/b10-8+. The smallest absolute Gasteiger partial charge is 0.186 e. The summed E-state index contributed by atoms with van der Waals surface area (Å²) in [5.74, 6) is 0.106. The van der Waals surface area contributed by atoms with Crippen LogP contribution in [0.5, 0.6) is 5.75 Å². The molecule has 0 fully saturated rings. The maximum atomic E-state index is 8.90. The Labute approximate surface area is 69.0 Å². The molecule has 12 heavy (non-hydrogen) atoms. The Morgan fingerprint density at radius 2 is 1.92 bits per heavy atom. The highest BCUT2D eigenvalue weighted by molar-refractivity contribution is 6.11. The number of nitrogens with zero attached hydrogens (tertiary/aromatic N) is 2. The summed E-state index contributed by atoms with van der Waals surface area (Å²) in [6.07, 6.45) is 0. The molecule has 4 heteroatoms. The summed E-state index contributed by atoms with van der Waals surface area (Å²) in [4.78, 5) is 0. The zero-order valence-corrected chi connectivity index (χ0v) is 6.10. The summed E-state index contributed by atoms with van der Waals surface area (Å²) in [6, 6.07) is 7.52. The molecule has 0 saturated carbocycles. The third-order valence-corrected chi connectivity index (χ3v) is 1.35. The van der Waals surface area contributed by atoms with Crippen molar-refractivity contribution in [2.24, 2.45) is 5.16 Å². The minimum Gasteiger partial charge on any atom is -0.508 e. The molecule has 0 aromatic heterocycles. The highest BCUT2D eigenvalue weighted by Gasteiger charge is 2.01. The molecule has 0 aliphatic rings. The van der Waals surface area contributed by atoms with Gasteiger partial charge in [0.1, 0.15) is 11.8 Å².